The maximum absolute atomic E-state index is 13.5. The minimum absolute atomic E-state index is 0.0324. The smallest absolute Gasteiger partial charge is 0.245 e. The summed E-state index contributed by atoms with van der Waals surface area (Å²) >= 11 is 5.94. The number of hydrogen-bond donors (Lipinski definition) is 0. The quantitative estimate of drug-likeness (QED) is 0.748. The van der Waals surface area contributed by atoms with Gasteiger partial charge in [-0.3, -0.25) is 4.79 Å². The molecular weight excluding hydrogens is 248 g/mol. The lowest BCUT2D eigenvalue weighted by molar-refractivity contribution is -0.129. The zero-order valence-corrected chi connectivity index (χ0v) is 9.88. The summed E-state index contributed by atoms with van der Waals surface area (Å²) in [6.07, 6.45) is 1.89. The molecule has 0 radical (unpaired) electrons. The van der Waals surface area contributed by atoms with Crippen molar-refractivity contribution in [2.24, 2.45) is 0 Å². The first-order valence-electron chi connectivity index (χ1n) is 5.47. The molecule has 1 aliphatic rings. The first kappa shape index (κ1) is 12.3. The maximum Gasteiger partial charge on any atom is 0.245 e. The van der Waals surface area contributed by atoms with Crippen molar-refractivity contribution in [3.63, 3.8) is 0 Å². The Bertz CT molecular complexity index is 433. The van der Waals surface area contributed by atoms with Crippen molar-refractivity contribution in [2.75, 3.05) is 13.1 Å². The molecule has 17 heavy (non-hydrogen) atoms. The van der Waals surface area contributed by atoms with Crippen LogP contribution >= 0.6 is 11.6 Å². The van der Waals surface area contributed by atoms with E-state index in [-0.39, 0.29) is 11.5 Å². The molecule has 0 N–H and O–H groups in total. The second-order valence-electron chi connectivity index (χ2n) is 4.06. The largest absolute Gasteiger partial charge is 0.341 e. The van der Waals surface area contributed by atoms with Crippen LogP contribution in [0.1, 0.15) is 23.8 Å². The van der Waals surface area contributed by atoms with Gasteiger partial charge in [0.1, 0.15) is 17.0 Å². The van der Waals surface area contributed by atoms with Crippen LogP contribution in [0.3, 0.4) is 0 Å². The molecular formula is C12H12ClF2NO. The van der Waals surface area contributed by atoms with Gasteiger partial charge >= 0.3 is 0 Å². The first-order chi connectivity index (χ1) is 8.09. The molecule has 0 aliphatic carbocycles. The minimum atomic E-state index is -1.08. The molecule has 1 saturated heterocycles. The third-order valence-corrected chi connectivity index (χ3v) is 3.29. The Labute approximate surface area is 103 Å². The highest BCUT2D eigenvalue weighted by Crippen LogP contribution is 2.27. The van der Waals surface area contributed by atoms with Crippen LogP contribution in [-0.4, -0.2) is 23.9 Å². The predicted molar refractivity (Wildman–Crippen MR) is 60.8 cm³/mol. The van der Waals surface area contributed by atoms with E-state index in [9.17, 15) is 13.6 Å². The molecule has 0 bridgehead atoms. The summed E-state index contributed by atoms with van der Waals surface area (Å²) < 4.78 is 26.2. The molecule has 0 aromatic heterocycles. The first-order valence-corrected chi connectivity index (χ1v) is 5.91. The standard InChI is InChI=1S/C12H12ClF2NO/c13-11(12(17)16-5-1-2-6-16)9-4-3-8(14)7-10(9)15/h3-4,7,11H,1-2,5-6H2. The Morgan fingerprint density at radius 3 is 2.53 bits per heavy atom. The fourth-order valence-electron chi connectivity index (χ4n) is 1.94. The van der Waals surface area contributed by atoms with Gasteiger partial charge in [0.15, 0.2) is 0 Å². The van der Waals surface area contributed by atoms with Gasteiger partial charge in [-0.25, -0.2) is 8.78 Å². The summed E-state index contributed by atoms with van der Waals surface area (Å²) in [5.74, 6) is -1.77. The summed E-state index contributed by atoms with van der Waals surface area (Å²) in [6, 6.07) is 3.06. The van der Waals surface area contributed by atoms with E-state index in [0.717, 1.165) is 25.0 Å². The van der Waals surface area contributed by atoms with Crippen molar-refractivity contribution in [1.29, 1.82) is 0 Å². The van der Waals surface area contributed by atoms with E-state index in [1.807, 2.05) is 0 Å². The number of hydrogen-bond acceptors (Lipinski definition) is 1. The summed E-state index contributed by atoms with van der Waals surface area (Å²) in [4.78, 5) is 13.5. The normalized spacial score (nSPS) is 17.2. The van der Waals surface area contributed by atoms with Crippen LogP contribution in [-0.2, 0) is 4.79 Å². The van der Waals surface area contributed by atoms with Crippen LogP contribution in [0.4, 0.5) is 8.78 Å². The minimum Gasteiger partial charge on any atom is -0.341 e. The molecule has 1 aromatic rings. The maximum atomic E-state index is 13.5. The number of likely N-dealkylation sites (tertiary alicyclic amines) is 1. The summed E-state index contributed by atoms with van der Waals surface area (Å²) in [5.41, 5.74) is 0.0324. The van der Waals surface area contributed by atoms with Crippen molar-refractivity contribution >= 4 is 17.5 Å². The number of nitrogens with zero attached hydrogens (tertiary/aromatic N) is 1. The van der Waals surface area contributed by atoms with Crippen LogP contribution in [0.5, 0.6) is 0 Å². The van der Waals surface area contributed by atoms with Gasteiger partial charge in [-0.1, -0.05) is 6.07 Å². The Morgan fingerprint density at radius 2 is 1.94 bits per heavy atom. The number of carbonyl (C=O) groups excluding carboxylic acids is 1. The summed E-state index contributed by atoms with van der Waals surface area (Å²) in [5, 5.41) is -1.08. The molecule has 5 heteroatoms. The molecule has 1 unspecified atom stereocenters. The Morgan fingerprint density at radius 1 is 1.29 bits per heavy atom. The lowest BCUT2D eigenvalue weighted by Gasteiger charge is -2.19. The number of amides is 1. The molecule has 1 atom stereocenters. The van der Waals surface area contributed by atoms with Gasteiger partial charge in [-0.15, -0.1) is 11.6 Å². The Balaban J connectivity index is 2.18. The molecule has 92 valence electrons. The van der Waals surface area contributed by atoms with Gasteiger partial charge in [0.2, 0.25) is 5.91 Å². The van der Waals surface area contributed by atoms with E-state index in [1.165, 1.54) is 6.07 Å². The average molecular weight is 260 g/mol. The molecule has 2 rings (SSSR count). The number of alkyl halides is 1. The Kier molecular flexibility index (Phi) is 3.62. The van der Waals surface area contributed by atoms with Crippen molar-refractivity contribution in [3.05, 3.63) is 35.4 Å². The fourth-order valence-corrected chi connectivity index (χ4v) is 2.25. The third kappa shape index (κ3) is 2.57. The summed E-state index contributed by atoms with van der Waals surface area (Å²) in [6.45, 7) is 1.32. The third-order valence-electron chi connectivity index (χ3n) is 2.87. The average Bonchev–Trinajstić information content (AvgIpc) is 2.80. The number of benzene rings is 1. The van der Waals surface area contributed by atoms with Gasteiger partial charge in [0, 0.05) is 24.7 Å². The van der Waals surface area contributed by atoms with Crippen LogP contribution < -0.4 is 0 Å². The van der Waals surface area contributed by atoms with E-state index in [4.69, 9.17) is 11.6 Å². The topological polar surface area (TPSA) is 20.3 Å². The summed E-state index contributed by atoms with van der Waals surface area (Å²) in [7, 11) is 0. The molecule has 1 aliphatic heterocycles. The lowest BCUT2D eigenvalue weighted by atomic mass is 10.1. The predicted octanol–water partition coefficient (Wildman–Crippen LogP) is 2.87. The van der Waals surface area contributed by atoms with E-state index in [2.05, 4.69) is 0 Å². The van der Waals surface area contributed by atoms with Gasteiger partial charge in [-0.2, -0.15) is 0 Å². The molecule has 1 amide bonds. The lowest BCUT2D eigenvalue weighted by Crippen LogP contribution is -2.31. The van der Waals surface area contributed by atoms with Gasteiger partial charge in [0.05, 0.1) is 0 Å². The van der Waals surface area contributed by atoms with Gasteiger partial charge in [-0.05, 0) is 18.9 Å². The number of carbonyl (C=O) groups is 1. The van der Waals surface area contributed by atoms with Crippen molar-refractivity contribution < 1.29 is 13.6 Å². The molecule has 1 aromatic carbocycles. The van der Waals surface area contributed by atoms with Crippen LogP contribution in [0.15, 0.2) is 18.2 Å². The van der Waals surface area contributed by atoms with Crippen molar-refractivity contribution in [2.45, 2.75) is 18.2 Å². The van der Waals surface area contributed by atoms with E-state index in [0.29, 0.717) is 13.1 Å². The highest BCUT2D eigenvalue weighted by Gasteiger charge is 2.27. The highest BCUT2D eigenvalue weighted by atomic mass is 35.5. The second kappa shape index (κ2) is 5.00. The second-order valence-corrected chi connectivity index (χ2v) is 4.50. The molecule has 0 saturated carbocycles. The molecule has 1 fully saturated rings. The zero-order valence-electron chi connectivity index (χ0n) is 9.13. The van der Waals surface area contributed by atoms with Crippen molar-refractivity contribution in [3.8, 4) is 0 Å². The van der Waals surface area contributed by atoms with Gasteiger partial charge < -0.3 is 4.90 Å². The molecule has 1 heterocycles. The Hall–Kier alpha value is -1.16. The van der Waals surface area contributed by atoms with E-state index < -0.39 is 17.0 Å². The van der Waals surface area contributed by atoms with Crippen LogP contribution in [0.2, 0.25) is 0 Å². The van der Waals surface area contributed by atoms with Crippen molar-refractivity contribution in [1.82, 2.24) is 4.90 Å². The molecule has 2 nitrogen and oxygen atoms in total. The highest BCUT2D eigenvalue weighted by molar-refractivity contribution is 6.30. The molecule has 0 spiro atoms. The monoisotopic (exact) mass is 259 g/mol. The van der Waals surface area contributed by atoms with Crippen LogP contribution in [0.25, 0.3) is 0 Å². The number of halogens is 3. The zero-order chi connectivity index (χ0) is 12.4. The number of rotatable bonds is 2. The fraction of sp³-hybridized carbons (Fsp3) is 0.417. The van der Waals surface area contributed by atoms with E-state index in [1.54, 1.807) is 4.90 Å². The van der Waals surface area contributed by atoms with Crippen LogP contribution in [0, 0.1) is 11.6 Å². The van der Waals surface area contributed by atoms with Gasteiger partial charge in [0.25, 0.3) is 0 Å². The van der Waals surface area contributed by atoms with E-state index >= 15 is 0 Å². The SMILES string of the molecule is O=C(C(Cl)c1ccc(F)cc1F)N1CCCC1.